The zero-order chi connectivity index (χ0) is 19.7. The Morgan fingerprint density at radius 3 is 2.86 bits per heavy atom. The van der Waals surface area contributed by atoms with Gasteiger partial charge in [0.15, 0.2) is 5.58 Å². The first-order chi connectivity index (χ1) is 13.5. The standard InChI is InChI=1S/C20H20ClFN4O2/c1-25(12-18-17-9-14(21)2-3-19(17)28-24-18)16-4-6-26(7-5-16)20(27)13-8-15(22)11-23-10-13/h2-3,8-11,16H,4-7,12H2,1H3. The van der Waals surface area contributed by atoms with Crippen LogP contribution in [-0.2, 0) is 6.54 Å². The van der Waals surface area contributed by atoms with Crippen LogP contribution in [0.15, 0.2) is 41.2 Å². The molecule has 3 aromatic rings. The van der Waals surface area contributed by atoms with Crippen molar-refractivity contribution in [3.8, 4) is 0 Å². The van der Waals surface area contributed by atoms with Crippen LogP contribution in [0.4, 0.5) is 4.39 Å². The van der Waals surface area contributed by atoms with E-state index >= 15 is 0 Å². The van der Waals surface area contributed by atoms with Crippen LogP contribution in [0.1, 0.15) is 28.9 Å². The zero-order valence-electron chi connectivity index (χ0n) is 15.4. The van der Waals surface area contributed by atoms with Crippen molar-refractivity contribution >= 4 is 28.5 Å². The minimum Gasteiger partial charge on any atom is -0.356 e. The molecule has 0 atom stereocenters. The molecule has 0 spiro atoms. The van der Waals surface area contributed by atoms with Crippen LogP contribution in [0, 0.1) is 5.82 Å². The van der Waals surface area contributed by atoms with E-state index in [4.69, 9.17) is 16.1 Å². The van der Waals surface area contributed by atoms with Gasteiger partial charge in [-0.15, -0.1) is 0 Å². The number of carbonyl (C=O) groups excluding carboxylic acids is 1. The van der Waals surface area contributed by atoms with E-state index in [2.05, 4.69) is 15.0 Å². The molecular formula is C20H20ClFN4O2. The van der Waals surface area contributed by atoms with Crippen molar-refractivity contribution in [2.75, 3.05) is 20.1 Å². The lowest BCUT2D eigenvalue weighted by atomic mass is 10.0. The average molecular weight is 403 g/mol. The molecule has 1 saturated heterocycles. The number of likely N-dealkylation sites (tertiary alicyclic amines) is 1. The van der Waals surface area contributed by atoms with E-state index in [0.717, 1.165) is 35.7 Å². The quantitative estimate of drug-likeness (QED) is 0.665. The average Bonchev–Trinajstić information content (AvgIpc) is 3.09. The van der Waals surface area contributed by atoms with Gasteiger partial charge in [0.25, 0.3) is 5.91 Å². The summed E-state index contributed by atoms with van der Waals surface area (Å²) in [6.07, 6.45) is 4.17. The normalized spacial score (nSPS) is 15.5. The number of hydrogen-bond donors (Lipinski definition) is 0. The van der Waals surface area contributed by atoms with Crippen molar-refractivity contribution in [3.63, 3.8) is 0 Å². The van der Waals surface area contributed by atoms with E-state index < -0.39 is 5.82 Å². The molecule has 28 heavy (non-hydrogen) atoms. The van der Waals surface area contributed by atoms with E-state index in [0.29, 0.717) is 30.7 Å². The van der Waals surface area contributed by atoms with Gasteiger partial charge in [-0.05, 0) is 44.2 Å². The fraction of sp³-hybridized carbons (Fsp3) is 0.350. The van der Waals surface area contributed by atoms with Gasteiger partial charge >= 0.3 is 0 Å². The Hall–Kier alpha value is -2.51. The summed E-state index contributed by atoms with van der Waals surface area (Å²) in [6, 6.07) is 7.02. The second kappa shape index (κ2) is 7.85. The molecule has 6 nitrogen and oxygen atoms in total. The van der Waals surface area contributed by atoms with Crippen LogP contribution in [0.5, 0.6) is 0 Å². The first-order valence-electron chi connectivity index (χ1n) is 9.15. The number of hydrogen-bond acceptors (Lipinski definition) is 5. The fourth-order valence-corrected chi connectivity index (χ4v) is 3.83. The molecule has 0 N–H and O–H groups in total. The number of nitrogens with zero attached hydrogens (tertiary/aromatic N) is 4. The lowest BCUT2D eigenvalue weighted by Crippen LogP contribution is -2.45. The zero-order valence-corrected chi connectivity index (χ0v) is 16.2. The van der Waals surface area contributed by atoms with Crippen LogP contribution in [-0.4, -0.2) is 52.0 Å². The minimum atomic E-state index is -0.500. The highest BCUT2D eigenvalue weighted by Crippen LogP contribution is 2.25. The number of benzene rings is 1. The van der Waals surface area contributed by atoms with Crippen molar-refractivity contribution in [3.05, 3.63) is 58.8 Å². The molecule has 0 bridgehead atoms. The Labute approximate surface area is 166 Å². The molecular weight excluding hydrogens is 383 g/mol. The summed E-state index contributed by atoms with van der Waals surface area (Å²) >= 11 is 6.09. The smallest absolute Gasteiger partial charge is 0.255 e. The van der Waals surface area contributed by atoms with E-state index in [1.165, 1.54) is 12.3 Å². The van der Waals surface area contributed by atoms with Gasteiger partial charge < -0.3 is 9.42 Å². The number of carbonyl (C=O) groups is 1. The summed E-state index contributed by atoms with van der Waals surface area (Å²) in [5.41, 5.74) is 1.86. The molecule has 8 heteroatoms. The maximum Gasteiger partial charge on any atom is 0.255 e. The van der Waals surface area contributed by atoms with Crippen LogP contribution >= 0.6 is 11.6 Å². The number of amides is 1. The third kappa shape index (κ3) is 3.86. The largest absolute Gasteiger partial charge is 0.356 e. The first-order valence-corrected chi connectivity index (χ1v) is 9.53. The van der Waals surface area contributed by atoms with Crippen LogP contribution < -0.4 is 0 Å². The second-order valence-corrected chi connectivity index (χ2v) is 7.54. The Bertz CT molecular complexity index is 1000. The highest BCUT2D eigenvalue weighted by molar-refractivity contribution is 6.31. The highest BCUT2D eigenvalue weighted by Gasteiger charge is 2.27. The molecule has 0 aliphatic carbocycles. The third-order valence-corrected chi connectivity index (χ3v) is 5.47. The van der Waals surface area contributed by atoms with Gasteiger partial charge in [0.1, 0.15) is 11.5 Å². The van der Waals surface area contributed by atoms with Crippen LogP contribution in [0.3, 0.4) is 0 Å². The second-order valence-electron chi connectivity index (χ2n) is 7.10. The van der Waals surface area contributed by atoms with Crippen molar-refractivity contribution in [1.82, 2.24) is 19.9 Å². The predicted molar refractivity (Wildman–Crippen MR) is 104 cm³/mol. The maximum atomic E-state index is 13.3. The fourth-order valence-electron chi connectivity index (χ4n) is 3.66. The molecule has 146 valence electrons. The number of fused-ring (bicyclic) bond motifs is 1. The van der Waals surface area contributed by atoms with Crippen molar-refractivity contribution in [2.24, 2.45) is 0 Å². The lowest BCUT2D eigenvalue weighted by Gasteiger charge is -2.36. The summed E-state index contributed by atoms with van der Waals surface area (Å²) in [6.45, 7) is 1.88. The molecule has 1 aliphatic heterocycles. The van der Waals surface area contributed by atoms with Crippen LogP contribution in [0.2, 0.25) is 5.02 Å². The lowest BCUT2D eigenvalue weighted by molar-refractivity contribution is 0.0637. The molecule has 1 fully saturated rings. The van der Waals surface area contributed by atoms with E-state index in [1.54, 1.807) is 11.0 Å². The van der Waals surface area contributed by atoms with Crippen molar-refractivity contribution in [1.29, 1.82) is 0 Å². The molecule has 0 radical (unpaired) electrons. The third-order valence-electron chi connectivity index (χ3n) is 5.23. The number of piperidine rings is 1. The Morgan fingerprint density at radius 2 is 2.11 bits per heavy atom. The monoisotopic (exact) mass is 402 g/mol. The highest BCUT2D eigenvalue weighted by atomic mass is 35.5. The van der Waals surface area contributed by atoms with Gasteiger partial charge in [0.2, 0.25) is 0 Å². The maximum absolute atomic E-state index is 13.3. The summed E-state index contributed by atoms with van der Waals surface area (Å²) in [5, 5.41) is 5.75. The van der Waals surface area contributed by atoms with E-state index in [-0.39, 0.29) is 11.5 Å². The molecule has 0 saturated carbocycles. The molecule has 3 heterocycles. The minimum absolute atomic E-state index is 0.176. The number of halogens is 2. The molecule has 0 unspecified atom stereocenters. The van der Waals surface area contributed by atoms with Crippen LogP contribution in [0.25, 0.3) is 11.0 Å². The molecule has 1 aliphatic rings. The van der Waals surface area contributed by atoms with E-state index in [1.807, 2.05) is 19.2 Å². The summed E-state index contributed by atoms with van der Waals surface area (Å²) in [4.78, 5) is 20.3. The van der Waals surface area contributed by atoms with E-state index in [9.17, 15) is 9.18 Å². The van der Waals surface area contributed by atoms with Gasteiger partial charge in [-0.1, -0.05) is 16.8 Å². The van der Waals surface area contributed by atoms with Gasteiger partial charge in [0, 0.05) is 42.3 Å². The Balaban J connectivity index is 1.38. The van der Waals surface area contributed by atoms with Gasteiger partial charge in [0.05, 0.1) is 11.8 Å². The first kappa shape index (κ1) is 18.8. The SMILES string of the molecule is CN(Cc1noc2ccc(Cl)cc12)C1CCN(C(=O)c2cncc(F)c2)CC1. The molecule has 1 amide bonds. The topological polar surface area (TPSA) is 62.5 Å². The molecule has 1 aromatic carbocycles. The Kier molecular flexibility index (Phi) is 5.28. The van der Waals surface area contributed by atoms with Gasteiger partial charge in [-0.2, -0.15) is 0 Å². The number of aromatic nitrogens is 2. The summed E-state index contributed by atoms with van der Waals surface area (Å²) in [5.74, 6) is -0.675. The summed E-state index contributed by atoms with van der Waals surface area (Å²) in [7, 11) is 2.05. The van der Waals surface area contributed by atoms with Gasteiger partial charge in [-0.25, -0.2) is 4.39 Å². The molecule has 2 aromatic heterocycles. The molecule has 4 rings (SSSR count). The van der Waals surface area contributed by atoms with Crippen molar-refractivity contribution in [2.45, 2.75) is 25.4 Å². The summed E-state index contributed by atoms with van der Waals surface area (Å²) < 4.78 is 18.7. The van der Waals surface area contributed by atoms with Crippen molar-refractivity contribution < 1.29 is 13.7 Å². The number of pyridine rings is 1. The van der Waals surface area contributed by atoms with Gasteiger partial charge in [-0.3, -0.25) is 14.7 Å². The number of rotatable bonds is 4. The predicted octanol–water partition coefficient (Wildman–Crippen LogP) is 3.75. The Morgan fingerprint density at radius 1 is 1.32 bits per heavy atom.